The van der Waals surface area contributed by atoms with Gasteiger partial charge in [0.1, 0.15) is 18.2 Å². The van der Waals surface area contributed by atoms with Crippen LogP contribution in [0.25, 0.3) is 0 Å². The molecule has 0 spiro atoms. The molecule has 1 heterocycles. The third-order valence-electron chi connectivity index (χ3n) is 3.38. The molecule has 0 fully saturated rings. The van der Waals surface area contributed by atoms with Crippen LogP contribution < -0.4 is 9.47 Å². The van der Waals surface area contributed by atoms with E-state index in [1.807, 2.05) is 24.3 Å². The van der Waals surface area contributed by atoms with Gasteiger partial charge < -0.3 is 9.47 Å². The molecule has 2 aromatic rings. The quantitative estimate of drug-likeness (QED) is 0.852. The molecular formula is C16H16BrNO2. The van der Waals surface area contributed by atoms with Crippen molar-refractivity contribution < 1.29 is 9.47 Å². The second kappa shape index (κ2) is 5.85. The van der Waals surface area contributed by atoms with Gasteiger partial charge in [0.15, 0.2) is 0 Å². The molecule has 2 aromatic carbocycles. The Hall–Kier alpha value is -1.52. The van der Waals surface area contributed by atoms with E-state index in [1.165, 1.54) is 11.1 Å². The van der Waals surface area contributed by atoms with Crippen molar-refractivity contribution >= 4 is 15.9 Å². The van der Waals surface area contributed by atoms with Crippen LogP contribution in [-0.4, -0.2) is 18.7 Å². The molecule has 104 valence electrons. The molecule has 1 aliphatic rings. The molecule has 0 aliphatic carbocycles. The maximum Gasteiger partial charge on any atom is 0.142 e. The zero-order chi connectivity index (χ0) is 13.9. The van der Waals surface area contributed by atoms with E-state index in [1.54, 1.807) is 7.11 Å². The highest BCUT2D eigenvalue weighted by Crippen LogP contribution is 2.28. The summed E-state index contributed by atoms with van der Waals surface area (Å²) in [5.41, 5.74) is 2.48. The first kappa shape index (κ1) is 13.5. The standard InChI is InChI=1S/C16H16BrNO2/c1-19-15-5-2-12(3-6-15)9-18-10-13-8-14(17)4-7-16(13)20-11-18/h2-8H,9-11H2,1H3. The van der Waals surface area contributed by atoms with Crippen LogP contribution in [0.1, 0.15) is 11.1 Å². The molecule has 0 aromatic heterocycles. The summed E-state index contributed by atoms with van der Waals surface area (Å²) in [4.78, 5) is 2.27. The van der Waals surface area contributed by atoms with Crippen LogP contribution >= 0.6 is 15.9 Å². The Balaban J connectivity index is 1.70. The van der Waals surface area contributed by atoms with Crippen molar-refractivity contribution in [1.82, 2.24) is 4.90 Å². The number of hydrogen-bond acceptors (Lipinski definition) is 3. The van der Waals surface area contributed by atoms with Gasteiger partial charge in [0.2, 0.25) is 0 Å². The summed E-state index contributed by atoms with van der Waals surface area (Å²) in [6.07, 6.45) is 0. The molecule has 20 heavy (non-hydrogen) atoms. The number of nitrogens with zero attached hydrogens (tertiary/aromatic N) is 1. The lowest BCUT2D eigenvalue weighted by Gasteiger charge is -2.29. The zero-order valence-electron chi connectivity index (χ0n) is 11.3. The fourth-order valence-corrected chi connectivity index (χ4v) is 2.76. The zero-order valence-corrected chi connectivity index (χ0v) is 12.9. The average Bonchev–Trinajstić information content (AvgIpc) is 2.47. The molecule has 0 radical (unpaired) electrons. The van der Waals surface area contributed by atoms with E-state index in [2.05, 4.69) is 39.0 Å². The smallest absolute Gasteiger partial charge is 0.142 e. The van der Waals surface area contributed by atoms with Crippen LogP contribution in [0.5, 0.6) is 11.5 Å². The molecular weight excluding hydrogens is 318 g/mol. The lowest BCUT2D eigenvalue weighted by Crippen LogP contribution is -2.31. The summed E-state index contributed by atoms with van der Waals surface area (Å²) in [6.45, 7) is 2.40. The van der Waals surface area contributed by atoms with Crippen LogP contribution in [0.2, 0.25) is 0 Å². The van der Waals surface area contributed by atoms with Crippen molar-refractivity contribution in [3.63, 3.8) is 0 Å². The number of halogens is 1. The highest BCUT2D eigenvalue weighted by atomic mass is 79.9. The number of fused-ring (bicyclic) bond motifs is 1. The van der Waals surface area contributed by atoms with Crippen molar-refractivity contribution in [2.24, 2.45) is 0 Å². The molecule has 0 atom stereocenters. The number of ether oxygens (including phenoxy) is 2. The monoisotopic (exact) mass is 333 g/mol. The van der Waals surface area contributed by atoms with Crippen molar-refractivity contribution in [2.75, 3.05) is 13.8 Å². The third kappa shape index (κ3) is 2.97. The summed E-state index contributed by atoms with van der Waals surface area (Å²) in [6, 6.07) is 14.3. The van der Waals surface area contributed by atoms with Crippen molar-refractivity contribution in [3.8, 4) is 11.5 Å². The molecule has 3 nitrogen and oxygen atoms in total. The molecule has 3 rings (SSSR count). The molecule has 0 saturated heterocycles. The third-order valence-corrected chi connectivity index (χ3v) is 3.88. The molecule has 0 bridgehead atoms. The first-order valence-corrected chi connectivity index (χ1v) is 7.30. The maximum absolute atomic E-state index is 5.79. The molecule has 0 N–H and O–H groups in total. The predicted octanol–water partition coefficient (Wildman–Crippen LogP) is 3.81. The maximum atomic E-state index is 5.79. The van der Waals surface area contributed by atoms with Crippen molar-refractivity contribution in [2.45, 2.75) is 13.1 Å². The minimum atomic E-state index is 0.626. The van der Waals surface area contributed by atoms with E-state index >= 15 is 0 Å². The fourth-order valence-electron chi connectivity index (χ4n) is 2.35. The minimum Gasteiger partial charge on any atom is -0.497 e. The normalized spacial score (nSPS) is 14.5. The Labute approximate surface area is 127 Å². The van der Waals surface area contributed by atoms with Crippen LogP contribution in [0, 0.1) is 0 Å². The van der Waals surface area contributed by atoms with Gasteiger partial charge in [0.05, 0.1) is 7.11 Å². The highest BCUT2D eigenvalue weighted by molar-refractivity contribution is 9.10. The Bertz CT molecular complexity index is 598. The number of hydrogen-bond donors (Lipinski definition) is 0. The van der Waals surface area contributed by atoms with Gasteiger partial charge in [-0.05, 0) is 35.9 Å². The largest absolute Gasteiger partial charge is 0.497 e. The van der Waals surface area contributed by atoms with Crippen molar-refractivity contribution in [3.05, 3.63) is 58.1 Å². The van der Waals surface area contributed by atoms with Gasteiger partial charge in [-0.2, -0.15) is 0 Å². The molecule has 1 aliphatic heterocycles. The Morgan fingerprint density at radius 2 is 2.00 bits per heavy atom. The van der Waals surface area contributed by atoms with Crippen LogP contribution in [0.3, 0.4) is 0 Å². The average molecular weight is 334 g/mol. The first-order valence-electron chi connectivity index (χ1n) is 6.51. The summed E-state index contributed by atoms with van der Waals surface area (Å²) in [7, 11) is 1.68. The Morgan fingerprint density at radius 3 is 2.75 bits per heavy atom. The highest BCUT2D eigenvalue weighted by Gasteiger charge is 2.17. The van der Waals surface area contributed by atoms with Gasteiger partial charge in [0, 0.05) is 23.1 Å². The second-order valence-electron chi connectivity index (χ2n) is 4.86. The van der Waals surface area contributed by atoms with Gasteiger partial charge in [0.25, 0.3) is 0 Å². The molecule has 4 heteroatoms. The number of methoxy groups -OCH3 is 1. The molecule has 0 amide bonds. The van der Waals surface area contributed by atoms with Crippen LogP contribution in [-0.2, 0) is 13.1 Å². The Morgan fingerprint density at radius 1 is 1.20 bits per heavy atom. The summed E-state index contributed by atoms with van der Waals surface area (Å²) < 4.78 is 12.1. The summed E-state index contributed by atoms with van der Waals surface area (Å²) in [5.74, 6) is 1.87. The van der Waals surface area contributed by atoms with E-state index < -0.39 is 0 Å². The van der Waals surface area contributed by atoms with E-state index in [0.29, 0.717) is 6.73 Å². The van der Waals surface area contributed by atoms with Gasteiger partial charge in [-0.25, -0.2) is 0 Å². The van der Waals surface area contributed by atoms with E-state index in [4.69, 9.17) is 9.47 Å². The predicted molar refractivity (Wildman–Crippen MR) is 81.9 cm³/mol. The van der Waals surface area contributed by atoms with Gasteiger partial charge in [-0.3, -0.25) is 4.90 Å². The minimum absolute atomic E-state index is 0.626. The van der Waals surface area contributed by atoms with Crippen LogP contribution in [0.4, 0.5) is 0 Å². The van der Waals surface area contributed by atoms with Gasteiger partial charge in [-0.1, -0.05) is 28.1 Å². The molecule has 0 unspecified atom stereocenters. The topological polar surface area (TPSA) is 21.7 Å². The van der Waals surface area contributed by atoms with Crippen LogP contribution in [0.15, 0.2) is 46.9 Å². The fraction of sp³-hybridized carbons (Fsp3) is 0.250. The lowest BCUT2D eigenvalue weighted by molar-refractivity contribution is 0.0886. The summed E-state index contributed by atoms with van der Waals surface area (Å²) in [5, 5.41) is 0. The van der Waals surface area contributed by atoms with E-state index in [-0.39, 0.29) is 0 Å². The summed E-state index contributed by atoms with van der Waals surface area (Å²) >= 11 is 3.51. The van der Waals surface area contributed by atoms with E-state index in [0.717, 1.165) is 29.1 Å². The van der Waals surface area contributed by atoms with E-state index in [9.17, 15) is 0 Å². The van der Waals surface area contributed by atoms with Gasteiger partial charge >= 0.3 is 0 Å². The van der Waals surface area contributed by atoms with Crippen molar-refractivity contribution in [1.29, 1.82) is 0 Å². The first-order chi connectivity index (χ1) is 9.74. The SMILES string of the molecule is COc1ccc(CN2COc3ccc(Br)cc3C2)cc1. The lowest BCUT2D eigenvalue weighted by atomic mass is 10.1. The number of benzene rings is 2. The van der Waals surface area contributed by atoms with Gasteiger partial charge in [-0.15, -0.1) is 0 Å². The second-order valence-corrected chi connectivity index (χ2v) is 5.78. The number of rotatable bonds is 3. The Kier molecular flexibility index (Phi) is 3.94. The molecule has 0 saturated carbocycles.